The number of hydrogen-bond acceptors (Lipinski definition) is 3. The predicted molar refractivity (Wildman–Crippen MR) is 86.9 cm³/mol. The van der Waals surface area contributed by atoms with Gasteiger partial charge in [0.2, 0.25) is 0 Å². The molecule has 0 spiro atoms. The van der Waals surface area contributed by atoms with Crippen molar-refractivity contribution >= 4 is 5.71 Å². The fourth-order valence-corrected chi connectivity index (χ4v) is 6.52. The summed E-state index contributed by atoms with van der Waals surface area (Å²) in [6.07, 6.45) is 11.1. The lowest BCUT2D eigenvalue weighted by Gasteiger charge is -2.57. The molecule has 0 aromatic heterocycles. The van der Waals surface area contributed by atoms with Crippen LogP contribution in [0.25, 0.3) is 0 Å². The number of aliphatic hydroxyl groups excluding tert-OH is 1. The highest BCUT2D eigenvalue weighted by Crippen LogP contribution is 2.64. The Morgan fingerprint density at radius 1 is 1.14 bits per heavy atom. The van der Waals surface area contributed by atoms with E-state index in [2.05, 4.69) is 25.1 Å². The molecule has 3 heteroatoms. The van der Waals surface area contributed by atoms with Gasteiger partial charge >= 0.3 is 0 Å². The Labute approximate surface area is 133 Å². The molecule has 0 radical (unpaired) electrons. The predicted octanol–water partition coefficient (Wildman–Crippen LogP) is 4.14. The van der Waals surface area contributed by atoms with Gasteiger partial charge in [-0.25, -0.2) is 0 Å². The largest absolute Gasteiger partial charge is 0.411 e. The minimum absolute atomic E-state index is 0.121. The summed E-state index contributed by atoms with van der Waals surface area (Å²) in [5.41, 5.74) is 3.21. The third-order valence-electron chi connectivity index (χ3n) is 7.80. The summed E-state index contributed by atoms with van der Waals surface area (Å²) in [4.78, 5) is 0. The monoisotopic (exact) mass is 303 g/mol. The van der Waals surface area contributed by atoms with Crippen LogP contribution in [-0.2, 0) is 0 Å². The molecule has 4 aliphatic rings. The van der Waals surface area contributed by atoms with Gasteiger partial charge in [-0.15, -0.1) is 0 Å². The normalized spacial score (nSPS) is 52.7. The van der Waals surface area contributed by atoms with Crippen molar-refractivity contribution in [2.75, 3.05) is 0 Å². The van der Waals surface area contributed by atoms with Crippen molar-refractivity contribution in [3.05, 3.63) is 11.6 Å². The molecule has 0 saturated heterocycles. The van der Waals surface area contributed by atoms with E-state index in [1.807, 2.05) is 0 Å². The van der Waals surface area contributed by atoms with Crippen LogP contribution in [0.1, 0.15) is 65.2 Å². The molecule has 0 heterocycles. The van der Waals surface area contributed by atoms with Crippen molar-refractivity contribution < 1.29 is 10.3 Å². The average Bonchev–Trinajstić information content (AvgIpc) is 2.85. The summed E-state index contributed by atoms with van der Waals surface area (Å²) in [7, 11) is 0. The summed E-state index contributed by atoms with van der Waals surface area (Å²) in [5, 5.41) is 22.8. The fraction of sp³-hybridized carbons (Fsp3) is 0.842. The standard InChI is InChI=1S/C19H29NO2/c1-18-7-6-16-15(17(18)10-13(11-18)20-22)4-3-12-9-14(21)5-8-19(12,16)2/h3,14-17,21-22H,4-11H2,1-2H3/b20-13+/t14-,15?,16?,17?,18+,19-/m0/s1. The SMILES string of the molecule is C[C@]12CCC3C(CC=C4C[C@@H](O)CC[C@@]43C)C1C/C(=N\O)C2. The topological polar surface area (TPSA) is 52.8 Å². The molecule has 4 aliphatic carbocycles. The van der Waals surface area contributed by atoms with Gasteiger partial charge in [-0.1, -0.05) is 30.7 Å². The second-order valence-corrected chi connectivity index (χ2v) is 8.90. The van der Waals surface area contributed by atoms with E-state index < -0.39 is 0 Å². The Morgan fingerprint density at radius 3 is 2.73 bits per heavy atom. The molecule has 4 rings (SSSR count). The lowest BCUT2D eigenvalue weighted by atomic mass is 9.48. The quantitative estimate of drug-likeness (QED) is 0.401. The second kappa shape index (κ2) is 4.83. The van der Waals surface area contributed by atoms with Crippen LogP contribution in [0.3, 0.4) is 0 Å². The van der Waals surface area contributed by atoms with Crippen LogP contribution in [0.5, 0.6) is 0 Å². The van der Waals surface area contributed by atoms with E-state index in [1.165, 1.54) is 24.8 Å². The van der Waals surface area contributed by atoms with E-state index in [4.69, 9.17) is 0 Å². The Kier molecular flexibility index (Phi) is 3.24. The van der Waals surface area contributed by atoms with Gasteiger partial charge in [0, 0.05) is 0 Å². The molecule has 0 aromatic carbocycles. The molecule has 0 aromatic rings. The van der Waals surface area contributed by atoms with Crippen LogP contribution in [0.4, 0.5) is 0 Å². The van der Waals surface area contributed by atoms with Gasteiger partial charge in [-0.3, -0.25) is 0 Å². The maximum absolute atomic E-state index is 10.0. The highest BCUT2D eigenvalue weighted by Gasteiger charge is 2.56. The molecule has 22 heavy (non-hydrogen) atoms. The zero-order chi connectivity index (χ0) is 15.5. The Bertz CT molecular complexity index is 540. The Hall–Kier alpha value is -0.830. The summed E-state index contributed by atoms with van der Waals surface area (Å²) in [6, 6.07) is 0. The van der Waals surface area contributed by atoms with Gasteiger partial charge in [0.15, 0.2) is 0 Å². The van der Waals surface area contributed by atoms with Crippen LogP contribution in [-0.4, -0.2) is 22.1 Å². The van der Waals surface area contributed by atoms with Crippen molar-refractivity contribution in [3.8, 4) is 0 Å². The Balaban J connectivity index is 1.68. The van der Waals surface area contributed by atoms with Gasteiger partial charge in [0.1, 0.15) is 0 Å². The van der Waals surface area contributed by atoms with Crippen LogP contribution in [0.15, 0.2) is 16.8 Å². The lowest BCUT2D eigenvalue weighted by Crippen LogP contribution is -2.49. The highest BCUT2D eigenvalue weighted by molar-refractivity contribution is 5.87. The molecule has 3 nitrogen and oxygen atoms in total. The van der Waals surface area contributed by atoms with Gasteiger partial charge in [0.05, 0.1) is 11.8 Å². The smallest absolute Gasteiger partial charge is 0.0579 e. The van der Waals surface area contributed by atoms with E-state index in [9.17, 15) is 10.3 Å². The maximum Gasteiger partial charge on any atom is 0.0579 e. The number of rotatable bonds is 0. The number of hydrogen-bond donors (Lipinski definition) is 2. The highest BCUT2D eigenvalue weighted by atomic mass is 16.4. The minimum Gasteiger partial charge on any atom is -0.411 e. The molecule has 0 amide bonds. The molecule has 2 N–H and O–H groups in total. The van der Waals surface area contributed by atoms with Crippen LogP contribution >= 0.6 is 0 Å². The van der Waals surface area contributed by atoms with Crippen LogP contribution in [0, 0.1) is 28.6 Å². The summed E-state index contributed by atoms with van der Waals surface area (Å²) in [6.45, 7) is 4.87. The Morgan fingerprint density at radius 2 is 1.95 bits per heavy atom. The molecule has 6 atom stereocenters. The number of fused-ring (bicyclic) bond motifs is 5. The van der Waals surface area contributed by atoms with E-state index in [0.29, 0.717) is 16.7 Å². The van der Waals surface area contributed by atoms with E-state index in [-0.39, 0.29) is 6.10 Å². The van der Waals surface area contributed by atoms with E-state index in [0.717, 1.165) is 49.7 Å². The fourth-order valence-electron chi connectivity index (χ4n) is 6.52. The van der Waals surface area contributed by atoms with Gasteiger partial charge in [-0.2, -0.15) is 0 Å². The third-order valence-corrected chi connectivity index (χ3v) is 7.80. The summed E-state index contributed by atoms with van der Waals surface area (Å²) >= 11 is 0. The summed E-state index contributed by atoms with van der Waals surface area (Å²) < 4.78 is 0. The van der Waals surface area contributed by atoms with E-state index in [1.54, 1.807) is 0 Å². The molecule has 3 fully saturated rings. The van der Waals surface area contributed by atoms with Crippen molar-refractivity contribution in [2.45, 2.75) is 71.3 Å². The minimum atomic E-state index is -0.121. The zero-order valence-corrected chi connectivity index (χ0v) is 13.9. The lowest BCUT2D eigenvalue weighted by molar-refractivity contribution is -0.0360. The van der Waals surface area contributed by atoms with Crippen LogP contribution < -0.4 is 0 Å². The average molecular weight is 303 g/mol. The third kappa shape index (κ3) is 1.94. The number of allylic oxidation sites excluding steroid dienone is 1. The molecule has 0 aliphatic heterocycles. The number of oxime groups is 1. The first kappa shape index (κ1) is 14.7. The second-order valence-electron chi connectivity index (χ2n) is 8.90. The first-order chi connectivity index (χ1) is 10.5. The van der Waals surface area contributed by atoms with E-state index >= 15 is 0 Å². The van der Waals surface area contributed by atoms with Crippen molar-refractivity contribution in [1.29, 1.82) is 0 Å². The molecule has 0 bridgehead atoms. The van der Waals surface area contributed by atoms with Crippen molar-refractivity contribution in [2.24, 2.45) is 33.7 Å². The van der Waals surface area contributed by atoms with Crippen molar-refractivity contribution in [1.82, 2.24) is 0 Å². The molecule has 3 unspecified atom stereocenters. The summed E-state index contributed by atoms with van der Waals surface area (Å²) in [5.74, 6) is 2.18. The molecular weight excluding hydrogens is 274 g/mol. The van der Waals surface area contributed by atoms with Gasteiger partial charge in [-0.05, 0) is 80.0 Å². The number of aliphatic hydroxyl groups is 1. The van der Waals surface area contributed by atoms with Gasteiger partial charge < -0.3 is 10.3 Å². The molecule has 122 valence electrons. The first-order valence-electron chi connectivity index (χ1n) is 9.04. The first-order valence-corrected chi connectivity index (χ1v) is 9.04. The van der Waals surface area contributed by atoms with Gasteiger partial charge in [0.25, 0.3) is 0 Å². The zero-order valence-electron chi connectivity index (χ0n) is 13.9. The van der Waals surface area contributed by atoms with Crippen molar-refractivity contribution in [3.63, 3.8) is 0 Å². The number of nitrogens with zero attached hydrogens (tertiary/aromatic N) is 1. The maximum atomic E-state index is 10.0. The van der Waals surface area contributed by atoms with Crippen LogP contribution in [0.2, 0.25) is 0 Å². The molecule has 3 saturated carbocycles. The molecular formula is C19H29NO2.